The van der Waals surface area contributed by atoms with Crippen LogP contribution in [0.1, 0.15) is 26.7 Å². The molecule has 0 bridgehead atoms. The summed E-state index contributed by atoms with van der Waals surface area (Å²) < 4.78 is 15.7. The average molecular weight is 220 g/mol. The minimum Gasteiger partial charge on any atom is -0.466 e. The molecule has 1 atom stereocenters. The Morgan fingerprint density at radius 3 is 2.43 bits per heavy atom. The lowest BCUT2D eigenvalue weighted by atomic mass is 10.3. The fourth-order valence-electron chi connectivity index (χ4n) is 0.903. The molecule has 0 aromatic carbocycles. The molecule has 0 saturated carbocycles. The molecule has 0 rings (SSSR count). The van der Waals surface area contributed by atoms with E-state index in [2.05, 4.69) is 4.74 Å². The molecule has 0 aromatic rings. The van der Waals surface area contributed by atoms with Crippen molar-refractivity contribution in [3.8, 4) is 0 Å². The highest BCUT2D eigenvalue weighted by atomic mass is 32.2. The maximum atomic E-state index is 11.1. The minimum absolute atomic E-state index is 0.0351. The van der Waals surface area contributed by atoms with Crippen molar-refractivity contribution in [1.82, 2.24) is 0 Å². The number of esters is 1. The number of hydrogen-bond acceptors (Lipinski definition) is 4. The zero-order valence-electron chi connectivity index (χ0n) is 8.58. The van der Waals surface area contributed by atoms with E-state index in [-0.39, 0.29) is 24.6 Å². The number of carbonyl (C=O) groups excluding carboxylic acids is 2. The van der Waals surface area contributed by atoms with Gasteiger partial charge in [-0.05, 0) is 13.3 Å². The van der Waals surface area contributed by atoms with Crippen LogP contribution in [0.3, 0.4) is 0 Å². The SMILES string of the molecule is CCCS(=O)CC(=O)CC(=O)OCC. The number of hydrogen-bond donors (Lipinski definition) is 0. The van der Waals surface area contributed by atoms with Gasteiger partial charge in [0.15, 0.2) is 5.78 Å². The minimum atomic E-state index is -1.13. The maximum absolute atomic E-state index is 11.1. The number of ketones is 1. The van der Waals surface area contributed by atoms with Crippen LogP contribution in [0.4, 0.5) is 0 Å². The zero-order chi connectivity index (χ0) is 11.0. The van der Waals surface area contributed by atoms with Gasteiger partial charge in [0.2, 0.25) is 0 Å². The van der Waals surface area contributed by atoms with E-state index in [1.54, 1.807) is 6.92 Å². The van der Waals surface area contributed by atoms with Gasteiger partial charge in [0.05, 0.1) is 12.4 Å². The van der Waals surface area contributed by atoms with Crippen molar-refractivity contribution in [1.29, 1.82) is 0 Å². The van der Waals surface area contributed by atoms with Gasteiger partial charge in [0.25, 0.3) is 0 Å². The van der Waals surface area contributed by atoms with Crippen molar-refractivity contribution in [2.75, 3.05) is 18.1 Å². The lowest BCUT2D eigenvalue weighted by Crippen LogP contribution is -2.18. The molecule has 5 heteroatoms. The molecule has 0 spiro atoms. The molecule has 0 aliphatic carbocycles. The second-order valence-corrected chi connectivity index (χ2v) is 4.39. The first-order valence-electron chi connectivity index (χ1n) is 4.62. The largest absolute Gasteiger partial charge is 0.466 e. The van der Waals surface area contributed by atoms with Crippen LogP contribution in [0.2, 0.25) is 0 Å². The summed E-state index contributed by atoms with van der Waals surface area (Å²) in [7, 11) is -1.13. The van der Waals surface area contributed by atoms with Crippen molar-refractivity contribution in [3.05, 3.63) is 0 Å². The first-order valence-corrected chi connectivity index (χ1v) is 6.11. The average Bonchev–Trinajstić information content (AvgIpc) is 2.03. The summed E-state index contributed by atoms with van der Waals surface area (Å²) in [4.78, 5) is 22.0. The third-order valence-electron chi connectivity index (χ3n) is 1.40. The van der Waals surface area contributed by atoms with E-state index in [1.165, 1.54) is 0 Å². The Labute approximate surface area is 86.5 Å². The molecule has 1 unspecified atom stereocenters. The summed E-state index contributed by atoms with van der Waals surface area (Å²) in [6.07, 6.45) is 0.516. The second kappa shape index (κ2) is 7.67. The molecule has 0 fully saturated rings. The highest BCUT2D eigenvalue weighted by molar-refractivity contribution is 7.85. The predicted molar refractivity (Wildman–Crippen MR) is 54.4 cm³/mol. The molecule has 0 N–H and O–H groups in total. The van der Waals surface area contributed by atoms with E-state index in [0.29, 0.717) is 5.75 Å². The first kappa shape index (κ1) is 13.3. The second-order valence-electron chi connectivity index (χ2n) is 2.81. The van der Waals surface area contributed by atoms with Crippen LogP contribution in [0.15, 0.2) is 0 Å². The molecule has 0 aromatic heterocycles. The highest BCUT2D eigenvalue weighted by Gasteiger charge is 2.12. The lowest BCUT2D eigenvalue weighted by molar-refractivity contribution is -0.145. The maximum Gasteiger partial charge on any atom is 0.313 e. The third kappa shape index (κ3) is 6.77. The highest BCUT2D eigenvalue weighted by Crippen LogP contribution is 1.94. The molecule has 0 heterocycles. The standard InChI is InChI=1S/C9H16O4S/c1-3-5-14(12)7-8(10)6-9(11)13-4-2/h3-7H2,1-2H3. The molecule has 14 heavy (non-hydrogen) atoms. The number of Topliss-reactive ketones (excluding diaryl/α,β-unsaturated/α-hetero) is 1. The van der Waals surface area contributed by atoms with Crippen LogP contribution >= 0.6 is 0 Å². The van der Waals surface area contributed by atoms with E-state index in [9.17, 15) is 13.8 Å². The van der Waals surface area contributed by atoms with Crippen molar-refractivity contribution in [3.63, 3.8) is 0 Å². The van der Waals surface area contributed by atoms with E-state index in [0.717, 1.165) is 6.42 Å². The van der Waals surface area contributed by atoms with Gasteiger partial charge in [0, 0.05) is 16.6 Å². The normalized spacial score (nSPS) is 12.1. The van der Waals surface area contributed by atoms with Gasteiger partial charge in [-0.3, -0.25) is 13.8 Å². The van der Waals surface area contributed by atoms with Gasteiger partial charge in [-0.1, -0.05) is 6.92 Å². The monoisotopic (exact) mass is 220 g/mol. The van der Waals surface area contributed by atoms with Crippen molar-refractivity contribution >= 4 is 22.6 Å². The van der Waals surface area contributed by atoms with E-state index < -0.39 is 16.8 Å². The Kier molecular flexibility index (Phi) is 7.28. The van der Waals surface area contributed by atoms with Gasteiger partial charge < -0.3 is 4.74 Å². The Morgan fingerprint density at radius 1 is 1.29 bits per heavy atom. The Balaban J connectivity index is 3.75. The summed E-state index contributed by atoms with van der Waals surface area (Å²) in [5.74, 6) is -0.373. The summed E-state index contributed by atoms with van der Waals surface area (Å²) >= 11 is 0. The fourth-order valence-corrected chi connectivity index (χ4v) is 1.96. The van der Waals surface area contributed by atoms with E-state index in [1.807, 2.05) is 6.92 Å². The van der Waals surface area contributed by atoms with Crippen molar-refractivity contribution < 1.29 is 18.5 Å². The molecule has 4 nitrogen and oxygen atoms in total. The Hall–Kier alpha value is -0.710. The first-order chi connectivity index (χ1) is 6.60. The van der Waals surface area contributed by atoms with Crippen LogP contribution in [0.25, 0.3) is 0 Å². The summed E-state index contributed by atoms with van der Waals surface area (Å²) in [6.45, 7) is 3.84. The van der Waals surface area contributed by atoms with Crippen molar-refractivity contribution in [2.45, 2.75) is 26.7 Å². The zero-order valence-corrected chi connectivity index (χ0v) is 9.39. The predicted octanol–water partition coefficient (Wildman–Crippen LogP) is 0.667. The lowest BCUT2D eigenvalue weighted by Gasteiger charge is -2.01. The fraction of sp³-hybridized carbons (Fsp3) is 0.778. The number of carbonyl (C=O) groups is 2. The van der Waals surface area contributed by atoms with E-state index >= 15 is 0 Å². The summed E-state index contributed by atoms with van der Waals surface area (Å²) in [6, 6.07) is 0. The molecule has 0 radical (unpaired) electrons. The van der Waals surface area contributed by atoms with Crippen LogP contribution in [0.5, 0.6) is 0 Å². The quantitative estimate of drug-likeness (QED) is 0.467. The smallest absolute Gasteiger partial charge is 0.313 e. The van der Waals surface area contributed by atoms with Gasteiger partial charge in [-0.2, -0.15) is 0 Å². The van der Waals surface area contributed by atoms with Gasteiger partial charge in [0.1, 0.15) is 6.42 Å². The molecular formula is C9H16O4S. The molecule has 0 aliphatic rings. The number of rotatable bonds is 7. The summed E-state index contributed by atoms with van der Waals surface area (Å²) in [5, 5.41) is 0. The van der Waals surface area contributed by atoms with Crippen LogP contribution < -0.4 is 0 Å². The van der Waals surface area contributed by atoms with Gasteiger partial charge >= 0.3 is 5.97 Å². The third-order valence-corrected chi connectivity index (χ3v) is 2.91. The van der Waals surface area contributed by atoms with Gasteiger partial charge in [-0.15, -0.1) is 0 Å². The van der Waals surface area contributed by atoms with Crippen LogP contribution in [-0.4, -0.2) is 34.1 Å². The Morgan fingerprint density at radius 2 is 1.93 bits per heavy atom. The number of ether oxygens (including phenoxy) is 1. The molecule has 0 amide bonds. The van der Waals surface area contributed by atoms with E-state index in [4.69, 9.17) is 0 Å². The molecule has 0 saturated heterocycles. The topological polar surface area (TPSA) is 60.4 Å². The van der Waals surface area contributed by atoms with Gasteiger partial charge in [-0.25, -0.2) is 0 Å². The molecular weight excluding hydrogens is 204 g/mol. The Bertz CT molecular complexity index is 203. The summed E-state index contributed by atoms with van der Waals surface area (Å²) in [5.41, 5.74) is 0. The van der Waals surface area contributed by atoms with Crippen molar-refractivity contribution in [2.24, 2.45) is 0 Å². The van der Waals surface area contributed by atoms with Crippen LogP contribution in [-0.2, 0) is 25.1 Å². The molecule has 0 aliphatic heterocycles. The molecule has 82 valence electrons. The van der Waals surface area contributed by atoms with Crippen LogP contribution in [0, 0.1) is 0 Å².